The summed E-state index contributed by atoms with van der Waals surface area (Å²) in [5, 5.41) is 7.68. The maximum absolute atomic E-state index is 12.6. The van der Waals surface area contributed by atoms with Gasteiger partial charge in [0.2, 0.25) is 0 Å². The summed E-state index contributed by atoms with van der Waals surface area (Å²) in [4.78, 5) is 31.0. The van der Waals surface area contributed by atoms with Crippen LogP contribution in [-0.4, -0.2) is 84.1 Å². The van der Waals surface area contributed by atoms with E-state index in [9.17, 15) is 4.79 Å². The number of fused-ring (bicyclic) bond motifs is 2. The van der Waals surface area contributed by atoms with Gasteiger partial charge in [-0.05, 0) is 49.9 Å². The Bertz CT molecular complexity index is 1690. The number of nitrogens with zero attached hydrogens (tertiary/aromatic N) is 5. The number of benzene rings is 3. The summed E-state index contributed by atoms with van der Waals surface area (Å²) in [6.07, 6.45) is 2.46. The van der Waals surface area contributed by atoms with Crippen molar-refractivity contribution < 1.29 is 14.3 Å². The molecule has 0 bridgehead atoms. The van der Waals surface area contributed by atoms with E-state index in [0.29, 0.717) is 34.6 Å². The zero-order valence-electron chi connectivity index (χ0n) is 23.7. The molecule has 0 radical (unpaired) electrons. The quantitative estimate of drug-likeness (QED) is 0.213. The molecule has 0 atom stereocenters. The topological polar surface area (TPSA) is 105 Å². The molecule has 0 spiro atoms. The fraction of sp³-hybridized carbons (Fsp3) is 0.290. The first-order valence-corrected chi connectivity index (χ1v) is 14.8. The van der Waals surface area contributed by atoms with Crippen LogP contribution in [0.1, 0.15) is 16.8 Å². The molecule has 5 aromatic rings. The lowest BCUT2D eigenvalue weighted by atomic mass is 10.2. The van der Waals surface area contributed by atoms with Crippen LogP contribution in [0.15, 0.2) is 67.0 Å². The zero-order chi connectivity index (χ0) is 28.9. The number of piperazine rings is 1. The van der Waals surface area contributed by atoms with Gasteiger partial charge in [0.25, 0.3) is 5.91 Å². The molecule has 6 rings (SSSR count). The molecule has 1 saturated heterocycles. The van der Waals surface area contributed by atoms with Crippen molar-refractivity contribution in [3.8, 4) is 11.5 Å². The third-order valence-corrected chi connectivity index (χ3v) is 8.25. The van der Waals surface area contributed by atoms with E-state index < -0.39 is 0 Å². The molecule has 42 heavy (non-hydrogen) atoms. The van der Waals surface area contributed by atoms with Crippen LogP contribution < -0.4 is 20.1 Å². The van der Waals surface area contributed by atoms with Crippen molar-refractivity contribution in [1.29, 1.82) is 0 Å². The molecule has 10 nitrogen and oxygen atoms in total. The Morgan fingerprint density at radius 1 is 0.976 bits per heavy atom. The third kappa shape index (κ3) is 6.43. The first-order valence-electron chi connectivity index (χ1n) is 14.0. The Kier molecular flexibility index (Phi) is 8.40. The molecular formula is C31H33N7O3S. The van der Waals surface area contributed by atoms with Gasteiger partial charge >= 0.3 is 0 Å². The highest BCUT2D eigenvalue weighted by atomic mass is 32.1. The summed E-state index contributed by atoms with van der Waals surface area (Å²) in [6, 6.07) is 18.8. The van der Waals surface area contributed by atoms with E-state index in [1.54, 1.807) is 19.2 Å². The average Bonchev–Trinajstić information content (AvgIpc) is 3.42. The summed E-state index contributed by atoms with van der Waals surface area (Å²) in [7, 11) is 3.81. The Balaban J connectivity index is 1.16. The van der Waals surface area contributed by atoms with E-state index in [-0.39, 0.29) is 5.91 Å². The molecule has 3 heterocycles. The molecule has 11 heteroatoms. The van der Waals surface area contributed by atoms with Crippen LogP contribution in [0.2, 0.25) is 0 Å². The highest BCUT2D eigenvalue weighted by molar-refractivity contribution is 7.22. The predicted molar refractivity (Wildman–Crippen MR) is 167 cm³/mol. The Morgan fingerprint density at radius 2 is 1.81 bits per heavy atom. The van der Waals surface area contributed by atoms with Crippen molar-refractivity contribution >= 4 is 55.0 Å². The lowest BCUT2D eigenvalue weighted by Gasteiger charge is -2.32. The molecule has 3 aromatic carbocycles. The van der Waals surface area contributed by atoms with Crippen LogP contribution in [0.4, 0.5) is 16.6 Å². The predicted octanol–water partition coefficient (Wildman–Crippen LogP) is 5.26. The van der Waals surface area contributed by atoms with Crippen molar-refractivity contribution in [3.05, 3.63) is 72.6 Å². The van der Waals surface area contributed by atoms with Gasteiger partial charge in [-0.2, -0.15) is 0 Å². The van der Waals surface area contributed by atoms with Crippen LogP contribution in [0.3, 0.4) is 0 Å². The van der Waals surface area contributed by atoms with Crippen molar-refractivity contribution in [1.82, 2.24) is 24.8 Å². The van der Waals surface area contributed by atoms with E-state index >= 15 is 0 Å². The Morgan fingerprint density at radius 3 is 2.62 bits per heavy atom. The van der Waals surface area contributed by atoms with E-state index in [1.165, 1.54) is 17.7 Å². The lowest BCUT2D eigenvalue weighted by molar-refractivity contribution is 0.102. The smallest absolute Gasteiger partial charge is 0.257 e. The van der Waals surface area contributed by atoms with E-state index in [0.717, 1.165) is 66.0 Å². The molecule has 2 aromatic heterocycles. The molecule has 216 valence electrons. The van der Waals surface area contributed by atoms with E-state index in [4.69, 9.17) is 9.47 Å². The number of aromatic nitrogens is 3. The van der Waals surface area contributed by atoms with Crippen molar-refractivity contribution in [2.45, 2.75) is 6.42 Å². The van der Waals surface area contributed by atoms with Crippen LogP contribution in [0, 0.1) is 0 Å². The third-order valence-electron chi connectivity index (χ3n) is 7.30. The van der Waals surface area contributed by atoms with Gasteiger partial charge in [0.15, 0.2) is 16.6 Å². The number of hydrogen-bond donors (Lipinski definition) is 2. The summed E-state index contributed by atoms with van der Waals surface area (Å²) >= 11 is 1.43. The van der Waals surface area contributed by atoms with Crippen LogP contribution in [0.5, 0.6) is 11.5 Å². The second-order valence-electron chi connectivity index (χ2n) is 10.2. The van der Waals surface area contributed by atoms with E-state index in [2.05, 4.69) is 42.4 Å². The SMILES string of the molecule is COc1cc2ncnc(Nc3ccc4sc(NC(=O)c5ccccc5)nc4c3)c2cc1OCCCN1CCN(C)CC1. The number of rotatable bonds is 10. The second-order valence-corrected chi connectivity index (χ2v) is 11.3. The van der Waals surface area contributed by atoms with Crippen molar-refractivity contribution in [3.63, 3.8) is 0 Å². The molecule has 0 aliphatic carbocycles. The average molecular weight is 584 g/mol. The summed E-state index contributed by atoms with van der Waals surface area (Å²) in [5.74, 6) is 1.76. The highest BCUT2D eigenvalue weighted by Crippen LogP contribution is 2.35. The molecule has 1 amide bonds. The minimum Gasteiger partial charge on any atom is -0.493 e. The first kappa shape index (κ1) is 27.8. The number of carbonyl (C=O) groups excluding carboxylic acids is 1. The van der Waals surface area contributed by atoms with Crippen LogP contribution >= 0.6 is 11.3 Å². The molecule has 1 aliphatic rings. The number of methoxy groups -OCH3 is 1. The van der Waals surface area contributed by atoms with Gasteiger partial charge in [-0.1, -0.05) is 29.5 Å². The summed E-state index contributed by atoms with van der Waals surface area (Å²) in [5.41, 5.74) is 2.93. The summed E-state index contributed by atoms with van der Waals surface area (Å²) in [6.45, 7) is 6.01. The molecule has 0 unspecified atom stereocenters. The van der Waals surface area contributed by atoms with Gasteiger partial charge in [-0.15, -0.1) is 0 Å². The van der Waals surface area contributed by atoms with Crippen LogP contribution in [-0.2, 0) is 0 Å². The maximum atomic E-state index is 12.6. The van der Waals surface area contributed by atoms with Gasteiger partial charge in [0, 0.05) is 55.4 Å². The van der Waals surface area contributed by atoms with E-state index in [1.807, 2.05) is 48.5 Å². The maximum Gasteiger partial charge on any atom is 0.257 e. The van der Waals surface area contributed by atoms with Crippen LogP contribution in [0.25, 0.3) is 21.1 Å². The Hall–Kier alpha value is -4.32. The first-order chi connectivity index (χ1) is 20.6. The second kappa shape index (κ2) is 12.7. The number of nitrogens with one attached hydrogen (secondary N) is 2. The number of thiazole rings is 1. The van der Waals surface area contributed by atoms with Gasteiger partial charge in [-0.25, -0.2) is 15.0 Å². The summed E-state index contributed by atoms with van der Waals surface area (Å²) < 4.78 is 12.8. The van der Waals surface area contributed by atoms with Crippen molar-refractivity contribution in [2.24, 2.45) is 0 Å². The van der Waals surface area contributed by atoms with Crippen molar-refractivity contribution in [2.75, 3.05) is 64.1 Å². The fourth-order valence-corrected chi connectivity index (χ4v) is 5.77. The number of carbonyl (C=O) groups is 1. The fourth-order valence-electron chi connectivity index (χ4n) is 4.93. The monoisotopic (exact) mass is 583 g/mol. The minimum absolute atomic E-state index is 0.187. The standard InChI is InChI=1S/C31H33N7O3S/c1-37-12-14-38(15-13-37)11-6-16-41-27-18-23-24(19-26(27)40-2)32-20-33-29(23)34-22-9-10-28-25(17-22)35-31(42-28)36-30(39)21-7-4-3-5-8-21/h3-5,7-10,17-20H,6,11-16H2,1-2H3,(H,32,33,34)(H,35,36,39). The number of amides is 1. The number of likely N-dealkylation sites (N-methyl/N-ethyl adjacent to an activating group) is 1. The molecule has 2 N–H and O–H groups in total. The molecule has 0 saturated carbocycles. The molecule has 1 aliphatic heterocycles. The number of hydrogen-bond acceptors (Lipinski definition) is 10. The highest BCUT2D eigenvalue weighted by Gasteiger charge is 2.15. The minimum atomic E-state index is -0.187. The molecular weight excluding hydrogens is 550 g/mol. The number of ether oxygens (including phenoxy) is 2. The normalized spacial score (nSPS) is 14.2. The van der Waals surface area contributed by atoms with Gasteiger partial charge in [0.05, 0.1) is 29.5 Å². The van der Waals surface area contributed by atoms with Gasteiger partial charge in [-0.3, -0.25) is 10.1 Å². The largest absolute Gasteiger partial charge is 0.493 e. The zero-order valence-corrected chi connectivity index (χ0v) is 24.5. The molecule has 1 fully saturated rings. The number of anilines is 3. The van der Waals surface area contributed by atoms with Gasteiger partial charge in [0.1, 0.15) is 12.1 Å². The van der Waals surface area contributed by atoms with Gasteiger partial charge < -0.3 is 24.6 Å². The Labute approximate surface area is 248 Å². The lowest BCUT2D eigenvalue weighted by Crippen LogP contribution is -2.44.